The third kappa shape index (κ3) is 10.7. The van der Waals surface area contributed by atoms with Crippen LogP contribution in [-0.2, 0) is 16.0 Å². The fourth-order valence-electron chi connectivity index (χ4n) is 4.24. The van der Waals surface area contributed by atoms with Gasteiger partial charge >= 0.3 is 5.97 Å². The molecule has 0 aromatic heterocycles. The molecule has 0 saturated heterocycles. The molecule has 2 N–H and O–H groups in total. The van der Waals surface area contributed by atoms with Gasteiger partial charge in [0.25, 0.3) is 0 Å². The summed E-state index contributed by atoms with van der Waals surface area (Å²) in [6.07, 6.45) is 1.01. The largest absolute Gasteiger partial charge is 0.423 e. The number of likely N-dealkylation sites (N-methyl/N-ethyl adjacent to an activating group) is 1. The average Bonchev–Trinajstić information content (AvgIpc) is 2.82. The van der Waals surface area contributed by atoms with Gasteiger partial charge in [-0.3, -0.25) is 14.5 Å². The molecule has 208 valence electrons. The first kappa shape index (κ1) is 31.0. The Morgan fingerprint density at radius 1 is 0.868 bits per heavy atom. The second-order valence-electron chi connectivity index (χ2n) is 11.9. The molecule has 0 aliphatic rings. The molecular formula is C31H45N3O4. The molecular weight excluding hydrogens is 478 g/mol. The zero-order valence-corrected chi connectivity index (χ0v) is 24.2. The monoisotopic (exact) mass is 523 g/mol. The van der Waals surface area contributed by atoms with Crippen molar-refractivity contribution < 1.29 is 19.1 Å². The molecule has 2 atom stereocenters. The number of hydrogen-bond acceptors (Lipinski definition) is 5. The standard InChI is InChI=1S/C31H45N3O4/c1-21(2)18-27(34(8)20-22(3)4)29(36)32-26(28(35)33-31(5,6)7)19-23-14-16-25(17-15-23)38-30(37)24-12-10-9-11-13-24/h9-17,21-22,26-27H,18-20H2,1-8H3,(H,32,36)(H,33,35)/t26-,27-/m0/s1. The van der Waals surface area contributed by atoms with Crippen molar-refractivity contribution in [1.29, 1.82) is 0 Å². The molecule has 7 nitrogen and oxygen atoms in total. The second-order valence-corrected chi connectivity index (χ2v) is 11.9. The van der Waals surface area contributed by atoms with Gasteiger partial charge in [-0.1, -0.05) is 58.0 Å². The number of nitrogens with zero attached hydrogens (tertiary/aromatic N) is 1. The van der Waals surface area contributed by atoms with E-state index in [1.807, 2.05) is 46.0 Å². The van der Waals surface area contributed by atoms with E-state index in [0.717, 1.165) is 12.1 Å². The van der Waals surface area contributed by atoms with E-state index in [9.17, 15) is 14.4 Å². The van der Waals surface area contributed by atoms with Crippen LogP contribution in [0.15, 0.2) is 54.6 Å². The van der Waals surface area contributed by atoms with E-state index in [4.69, 9.17) is 4.74 Å². The van der Waals surface area contributed by atoms with Gasteiger partial charge in [0.15, 0.2) is 0 Å². The molecule has 2 aromatic carbocycles. The van der Waals surface area contributed by atoms with Crippen molar-refractivity contribution in [2.75, 3.05) is 13.6 Å². The number of benzene rings is 2. The minimum absolute atomic E-state index is 0.149. The summed E-state index contributed by atoms with van der Waals surface area (Å²) in [5, 5.41) is 6.04. The maximum Gasteiger partial charge on any atom is 0.343 e. The molecule has 0 spiro atoms. The van der Waals surface area contributed by atoms with Gasteiger partial charge in [0.1, 0.15) is 11.8 Å². The predicted molar refractivity (Wildman–Crippen MR) is 152 cm³/mol. The van der Waals surface area contributed by atoms with Crippen LogP contribution in [0.3, 0.4) is 0 Å². The molecule has 0 unspecified atom stereocenters. The van der Waals surface area contributed by atoms with E-state index in [1.165, 1.54) is 0 Å². The summed E-state index contributed by atoms with van der Waals surface area (Å²) in [6.45, 7) is 15.0. The number of esters is 1. The van der Waals surface area contributed by atoms with Gasteiger partial charge in [0.05, 0.1) is 11.6 Å². The highest BCUT2D eigenvalue weighted by atomic mass is 16.5. The number of nitrogens with one attached hydrogen (secondary N) is 2. The van der Waals surface area contributed by atoms with Crippen LogP contribution in [0, 0.1) is 11.8 Å². The molecule has 0 heterocycles. The number of ether oxygens (including phenoxy) is 1. The van der Waals surface area contributed by atoms with E-state index in [-0.39, 0.29) is 17.9 Å². The fraction of sp³-hybridized carbons (Fsp3) is 0.516. The van der Waals surface area contributed by atoms with Crippen LogP contribution in [0.1, 0.15) is 70.8 Å². The summed E-state index contributed by atoms with van der Waals surface area (Å²) < 4.78 is 5.47. The summed E-state index contributed by atoms with van der Waals surface area (Å²) in [4.78, 5) is 41.2. The van der Waals surface area contributed by atoms with Crippen LogP contribution in [-0.4, -0.2) is 53.9 Å². The average molecular weight is 524 g/mol. The lowest BCUT2D eigenvalue weighted by molar-refractivity contribution is -0.132. The van der Waals surface area contributed by atoms with E-state index < -0.39 is 17.6 Å². The van der Waals surface area contributed by atoms with Crippen LogP contribution in [0.4, 0.5) is 0 Å². The Kier molecular flexibility index (Phi) is 11.5. The first-order chi connectivity index (χ1) is 17.7. The molecule has 0 fully saturated rings. The van der Waals surface area contributed by atoms with Gasteiger partial charge in [0, 0.05) is 18.5 Å². The Morgan fingerprint density at radius 3 is 2.00 bits per heavy atom. The zero-order valence-electron chi connectivity index (χ0n) is 24.2. The lowest BCUT2D eigenvalue weighted by Gasteiger charge is -2.32. The smallest absolute Gasteiger partial charge is 0.343 e. The van der Waals surface area contributed by atoms with Crippen LogP contribution in [0.2, 0.25) is 0 Å². The highest BCUT2D eigenvalue weighted by molar-refractivity contribution is 5.91. The van der Waals surface area contributed by atoms with E-state index in [1.54, 1.807) is 36.4 Å². The van der Waals surface area contributed by atoms with Crippen molar-refractivity contribution in [3.63, 3.8) is 0 Å². The van der Waals surface area contributed by atoms with Gasteiger partial charge in [-0.25, -0.2) is 4.79 Å². The van der Waals surface area contributed by atoms with Crippen LogP contribution >= 0.6 is 0 Å². The Morgan fingerprint density at radius 2 is 1.47 bits per heavy atom. The summed E-state index contributed by atoms with van der Waals surface area (Å²) in [7, 11) is 1.96. The minimum atomic E-state index is -0.749. The molecule has 2 aromatic rings. The Labute approximate surface area is 228 Å². The maximum absolute atomic E-state index is 13.5. The van der Waals surface area contributed by atoms with Crippen molar-refractivity contribution in [2.24, 2.45) is 11.8 Å². The Hall–Kier alpha value is -3.19. The van der Waals surface area contributed by atoms with Crippen molar-refractivity contribution in [1.82, 2.24) is 15.5 Å². The van der Waals surface area contributed by atoms with Crippen molar-refractivity contribution in [2.45, 2.75) is 78.9 Å². The first-order valence-electron chi connectivity index (χ1n) is 13.4. The fourth-order valence-corrected chi connectivity index (χ4v) is 4.24. The molecule has 7 heteroatoms. The summed E-state index contributed by atoms with van der Waals surface area (Å²) >= 11 is 0. The normalized spacial score (nSPS) is 13.3. The molecule has 0 saturated carbocycles. The molecule has 38 heavy (non-hydrogen) atoms. The molecule has 2 amide bonds. The van der Waals surface area contributed by atoms with Crippen molar-refractivity contribution in [3.05, 3.63) is 65.7 Å². The lowest BCUT2D eigenvalue weighted by Crippen LogP contribution is -2.56. The van der Waals surface area contributed by atoms with Crippen molar-refractivity contribution >= 4 is 17.8 Å². The number of rotatable bonds is 12. The van der Waals surface area contributed by atoms with Crippen LogP contribution < -0.4 is 15.4 Å². The summed E-state index contributed by atoms with van der Waals surface area (Å²) in [5.74, 6) is 0.333. The van der Waals surface area contributed by atoms with Gasteiger partial charge in [-0.2, -0.15) is 0 Å². The van der Waals surface area contributed by atoms with Gasteiger partial charge < -0.3 is 15.4 Å². The number of carbonyl (C=O) groups is 3. The second kappa shape index (κ2) is 14.1. The summed E-state index contributed by atoms with van der Waals surface area (Å²) in [6, 6.07) is 14.7. The first-order valence-corrected chi connectivity index (χ1v) is 13.4. The molecule has 0 aliphatic heterocycles. The zero-order chi connectivity index (χ0) is 28.5. The van der Waals surface area contributed by atoms with Gasteiger partial charge in [-0.05, 0) is 75.9 Å². The molecule has 0 radical (unpaired) electrons. The Balaban J connectivity index is 2.19. The number of hydrogen-bond donors (Lipinski definition) is 2. The van der Waals surface area contributed by atoms with Crippen LogP contribution in [0.5, 0.6) is 5.75 Å². The third-order valence-electron chi connectivity index (χ3n) is 5.90. The lowest BCUT2D eigenvalue weighted by atomic mass is 9.99. The van der Waals surface area contributed by atoms with Gasteiger partial charge in [-0.15, -0.1) is 0 Å². The maximum atomic E-state index is 13.5. The number of carbonyl (C=O) groups excluding carboxylic acids is 3. The van der Waals surface area contributed by atoms with E-state index in [0.29, 0.717) is 36.0 Å². The molecule has 0 aliphatic carbocycles. The summed E-state index contributed by atoms with van der Waals surface area (Å²) in [5.41, 5.74) is 0.868. The highest BCUT2D eigenvalue weighted by Crippen LogP contribution is 2.17. The third-order valence-corrected chi connectivity index (χ3v) is 5.90. The molecule has 2 rings (SSSR count). The quantitative estimate of drug-likeness (QED) is 0.307. The molecule has 0 bridgehead atoms. The SMILES string of the molecule is CC(C)C[C@@H](C(=O)N[C@@H](Cc1ccc(OC(=O)c2ccccc2)cc1)C(=O)NC(C)(C)C)N(C)CC(C)C. The van der Waals surface area contributed by atoms with Crippen LogP contribution in [0.25, 0.3) is 0 Å². The number of amides is 2. The van der Waals surface area contributed by atoms with Crippen molar-refractivity contribution in [3.8, 4) is 5.75 Å². The minimum Gasteiger partial charge on any atom is -0.423 e. The van der Waals surface area contributed by atoms with Gasteiger partial charge in [0.2, 0.25) is 11.8 Å². The Bertz CT molecular complexity index is 1040. The van der Waals surface area contributed by atoms with E-state index in [2.05, 4.69) is 43.2 Å². The predicted octanol–water partition coefficient (Wildman–Crippen LogP) is 4.85. The highest BCUT2D eigenvalue weighted by Gasteiger charge is 2.30. The van der Waals surface area contributed by atoms with E-state index >= 15 is 0 Å². The topological polar surface area (TPSA) is 87.7 Å².